The summed E-state index contributed by atoms with van der Waals surface area (Å²) in [5.41, 5.74) is 2.56. The summed E-state index contributed by atoms with van der Waals surface area (Å²) in [4.78, 5) is 11.9. The number of nitrogens with one attached hydrogen (secondary N) is 1. The van der Waals surface area contributed by atoms with E-state index >= 15 is 0 Å². The first-order chi connectivity index (χ1) is 9.90. The Morgan fingerprint density at radius 2 is 1.86 bits per heavy atom. The fraction of sp³-hybridized carbons (Fsp3) is 0.611. The van der Waals surface area contributed by atoms with Gasteiger partial charge in [0.05, 0.1) is 5.75 Å². The van der Waals surface area contributed by atoms with Crippen LogP contribution in [-0.4, -0.2) is 18.2 Å². The molecule has 0 aromatic heterocycles. The molecular weight excluding hydrogens is 278 g/mol. The van der Waals surface area contributed by atoms with Crippen LogP contribution in [0.2, 0.25) is 0 Å². The third kappa shape index (κ3) is 7.03. The Kier molecular flexibility index (Phi) is 7.87. The van der Waals surface area contributed by atoms with Crippen LogP contribution in [0.1, 0.15) is 38.8 Å². The van der Waals surface area contributed by atoms with Gasteiger partial charge in [-0.3, -0.25) is 4.79 Å². The second kappa shape index (κ2) is 9.14. The molecule has 0 aliphatic heterocycles. The minimum Gasteiger partial charge on any atom is -0.355 e. The van der Waals surface area contributed by atoms with E-state index in [4.69, 9.17) is 0 Å². The van der Waals surface area contributed by atoms with Crippen molar-refractivity contribution in [1.29, 1.82) is 0 Å². The van der Waals surface area contributed by atoms with Gasteiger partial charge in [-0.1, -0.05) is 57.5 Å². The van der Waals surface area contributed by atoms with Crippen molar-refractivity contribution < 1.29 is 4.79 Å². The maximum atomic E-state index is 11.9. The molecular formula is C18H29NOS. The van der Waals surface area contributed by atoms with E-state index in [1.165, 1.54) is 11.1 Å². The number of benzene rings is 1. The lowest BCUT2D eigenvalue weighted by Crippen LogP contribution is -2.34. The summed E-state index contributed by atoms with van der Waals surface area (Å²) in [6, 6.07) is 8.46. The second-order valence-electron chi connectivity index (χ2n) is 6.44. The molecule has 1 amide bonds. The molecule has 0 atom stereocenters. The van der Waals surface area contributed by atoms with Gasteiger partial charge in [-0.25, -0.2) is 0 Å². The molecule has 2 nitrogen and oxygen atoms in total. The number of carbonyl (C=O) groups is 1. The average molecular weight is 308 g/mol. The molecule has 0 heterocycles. The van der Waals surface area contributed by atoms with Crippen LogP contribution >= 0.6 is 11.8 Å². The number of thioether (sulfide) groups is 1. The molecule has 1 aromatic carbocycles. The highest BCUT2D eigenvalue weighted by molar-refractivity contribution is 7.99. The van der Waals surface area contributed by atoms with Gasteiger partial charge in [0.2, 0.25) is 5.91 Å². The SMILES string of the molecule is Cc1cccc(CSCC(=O)NCC(C(C)C)C(C)C)c1. The first-order valence-corrected chi connectivity index (χ1v) is 8.95. The number of hydrogen-bond donors (Lipinski definition) is 1. The molecule has 0 unspecified atom stereocenters. The lowest BCUT2D eigenvalue weighted by molar-refractivity contribution is -0.118. The van der Waals surface area contributed by atoms with E-state index in [9.17, 15) is 4.79 Å². The minimum absolute atomic E-state index is 0.152. The van der Waals surface area contributed by atoms with Gasteiger partial charge in [0.25, 0.3) is 0 Å². The molecule has 3 heteroatoms. The van der Waals surface area contributed by atoms with E-state index in [1.807, 2.05) is 0 Å². The van der Waals surface area contributed by atoms with Crippen molar-refractivity contribution in [1.82, 2.24) is 5.32 Å². The fourth-order valence-corrected chi connectivity index (χ4v) is 3.39. The first kappa shape index (κ1) is 18.1. The minimum atomic E-state index is 0.152. The van der Waals surface area contributed by atoms with Crippen LogP contribution in [-0.2, 0) is 10.5 Å². The van der Waals surface area contributed by atoms with Crippen LogP contribution < -0.4 is 5.32 Å². The molecule has 21 heavy (non-hydrogen) atoms. The normalized spacial score (nSPS) is 11.4. The molecule has 1 rings (SSSR count). The maximum absolute atomic E-state index is 11.9. The zero-order valence-electron chi connectivity index (χ0n) is 14.0. The van der Waals surface area contributed by atoms with Crippen LogP contribution in [0.15, 0.2) is 24.3 Å². The van der Waals surface area contributed by atoms with Crippen molar-refractivity contribution in [2.24, 2.45) is 17.8 Å². The van der Waals surface area contributed by atoms with Gasteiger partial charge >= 0.3 is 0 Å². The Morgan fingerprint density at radius 3 is 2.43 bits per heavy atom. The fourth-order valence-electron chi connectivity index (χ4n) is 2.59. The molecule has 0 saturated carbocycles. The molecule has 1 N–H and O–H groups in total. The van der Waals surface area contributed by atoms with Crippen LogP contribution in [0.3, 0.4) is 0 Å². The van der Waals surface area contributed by atoms with Gasteiger partial charge in [0.15, 0.2) is 0 Å². The second-order valence-corrected chi connectivity index (χ2v) is 7.42. The number of carbonyl (C=O) groups excluding carboxylic acids is 1. The lowest BCUT2D eigenvalue weighted by Gasteiger charge is -2.25. The predicted octanol–water partition coefficient (Wildman–Crippen LogP) is 4.27. The molecule has 0 saturated heterocycles. The highest BCUT2D eigenvalue weighted by atomic mass is 32.2. The lowest BCUT2D eigenvalue weighted by atomic mass is 9.85. The molecule has 1 aromatic rings. The van der Waals surface area contributed by atoms with Crippen LogP contribution in [0.4, 0.5) is 0 Å². The molecule has 0 bridgehead atoms. The van der Waals surface area contributed by atoms with Gasteiger partial charge in [-0.2, -0.15) is 0 Å². The van der Waals surface area contributed by atoms with E-state index in [-0.39, 0.29) is 5.91 Å². The molecule has 0 radical (unpaired) electrons. The van der Waals surface area contributed by atoms with E-state index in [1.54, 1.807) is 11.8 Å². The van der Waals surface area contributed by atoms with Crippen LogP contribution in [0.25, 0.3) is 0 Å². The van der Waals surface area contributed by atoms with Crippen molar-refractivity contribution in [2.75, 3.05) is 12.3 Å². The maximum Gasteiger partial charge on any atom is 0.230 e. The Balaban J connectivity index is 2.28. The average Bonchev–Trinajstić information content (AvgIpc) is 2.38. The Bertz CT molecular complexity index is 435. The predicted molar refractivity (Wildman–Crippen MR) is 93.5 cm³/mol. The van der Waals surface area contributed by atoms with Crippen molar-refractivity contribution in [3.8, 4) is 0 Å². The Hall–Kier alpha value is -0.960. The van der Waals surface area contributed by atoms with Crippen molar-refractivity contribution >= 4 is 17.7 Å². The number of hydrogen-bond acceptors (Lipinski definition) is 2. The van der Waals surface area contributed by atoms with Crippen molar-refractivity contribution in [3.05, 3.63) is 35.4 Å². The zero-order chi connectivity index (χ0) is 15.8. The quantitative estimate of drug-likeness (QED) is 0.777. The van der Waals surface area contributed by atoms with E-state index in [0.717, 1.165) is 12.3 Å². The van der Waals surface area contributed by atoms with Crippen LogP contribution in [0, 0.1) is 24.7 Å². The van der Waals surface area contributed by atoms with Gasteiger partial charge < -0.3 is 5.32 Å². The highest BCUT2D eigenvalue weighted by Crippen LogP contribution is 2.19. The van der Waals surface area contributed by atoms with Gasteiger partial charge in [0.1, 0.15) is 0 Å². The molecule has 118 valence electrons. The number of rotatable bonds is 8. The standard InChI is InChI=1S/C18H29NOS/c1-13(2)17(14(3)4)10-19-18(20)12-21-11-16-8-6-7-15(5)9-16/h6-9,13-14,17H,10-12H2,1-5H3,(H,19,20). The largest absolute Gasteiger partial charge is 0.355 e. The summed E-state index contributed by atoms with van der Waals surface area (Å²) < 4.78 is 0. The Morgan fingerprint density at radius 1 is 1.19 bits per heavy atom. The smallest absolute Gasteiger partial charge is 0.230 e. The van der Waals surface area contributed by atoms with Crippen molar-refractivity contribution in [3.63, 3.8) is 0 Å². The monoisotopic (exact) mass is 307 g/mol. The van der Waals surface area contributed by atoms with Crippen LogP contribution in [0.5, 0.6) is 0 Å². The summed E-state index contributed by atoms with van der Waals surface area (Å²) in [7, 11) is 0. The summed E-state index contributed by atoms with van der Waals surface area (Å²) in [5.74, 6) is 3.34. The van der Waals surface area contributed by atoms with Gasteiger partial charge in [0, 0.05) is 12.3 Å². The molecule has 0 aliphatic rings. The number of amides is 1. The van der Waals surface area contributed by atoms with Gasteiger partial charge in [-0.15, -0.1) is 11.8 Å². The summed E-state index contributed by atoms with van der Waals surface area (Å²) in [6.07, 6.45) is 0. The van der Waals surface area contributed by atoms with Crippen molar-refractivity contribution in [2.45, 2.75) is 40.4 Å². The third-order valence-electron chi connectivity index (χ3n) is 3.83. The topological polar surface area (TPSA) is 29.1 Å². The first-order valence-electron chi connectivity index (χ1n) is 7.80. The van der Waals surface area contributed by atoms with Gasteiger partial charge in [-0.05, 0) is 30.2 Å². The van der Waals surface area contributed by atoms with E-state index < -0.39 is 0 Å². The summed E-state index contributed by atoms with van der Waals surface area (Å²) >= 11 is 1.68. The third-order valence-corrected chi connectivity index (χ3v) is 4.84. The molecule has 0 aliphatic carbocycles. The molecule has 0 spiro atoms. The molecule has 0 fully saturated rings. The Labute approximate surface area is 134 Å². The highest BCUT2D eigenvalue weighted by Gasteiger charge is 2.18. The summed E-state index contributed by atoms with van der Waals surface area (Å²) in [6.45, 7) is 11.8. The number of aryl methyl sites for hydroxylation is 1. The van der Waals surface area contributed by atoms with E-state index in [0.29, 0.717) is 23.5 Å². The zero-order valence-corrected chi connectivity index (χ0v) is 14.8. The summed E-state index contributed by atoms with van der Waals surface area (Å²) in [5, 5.41) is 3.08. The van der Waals surface area contributed by atoms with E-state index in [2.05, 4.69) is 64.2 Å².